The topological polar surface area (TPSA) is 47.6 Å². The molecule has 2 rings (SSSR count). The van der Waals surface area contributed by atoms with Gasteiger partial charge in [0.15, 0.2) is 0 Å². The summed E-state index contributed by atoms with van der Waals surface area (Å²) in [4.78, 5) is 11.9. The summed E-state index contributed by atoms with van der Waals surface area (Å²) in [6.07, 6.45) is -0.928. The quantitative estimate of drug-likeness (QED) is 0.893. The number of carbonyl (C=O) groups is 1. The number of hydrogen-bond donors (Lipinski definition) is 1. The smallest absolute Gasteiger partial charge is 0.240 e. The lowest BCUT2D eigenvalue weighted by Gasteiger charge is -2.35. The Kier molecular flexibility index (Phi) is 3.99. The van der Waals surface area contributed by atoms with Crippen molar-refractivity contribution in [3.8, 4) is 0 Å². The molecule has 1 heterocycles. The first-order chi connectivity index (χ1) is 8.58. The normalized spacial score (nSPS) is 28.2. The summed E-state index contributed by atoms with van der Waals surface area (Å²) in [7, 11) is 0. The van der Waals surface area contributed by atoms with Crippen molar-refractivity contribution in [3.05, 3.63) is 35.9 Å². The molecule has 98 valence electrons. The van der Waals surface area contributed by atoms with Gasteiger partial charge in [-0.3, -0.25) is 4.79 Å². The van der Waals surface area contributed by atoms with Gasteiger partial charge in [-0.15, -0.1) is 0 Å². The van der Waals surface area contributed by atoms with Crippen molar-refractivity contribution >= 4 is 5.91 Å². The summed E-state index contributed by atoms with van der Waals surface area (Å²) in [5.41, 5.74) is 0.997. The van der Waals surface area contributed by atoms with Crippen molar-refractivity contribution in [2.45, 2.75) is 39.4 Å². The van der Waals surface area contributed by atoms with E-state index < -0.39 is 6.41 Å². The monoisotopic (exact) mass is 249 g/mol. The maximum atomic E-state index is 11.9. The zero-order valence-electron chi connectivity index (χ0n) is 10.9. The van der Waals surface area contributed by atoms with E-state index in [1.165, 1.54) is 0 Å². The molecule has 0 radical (unpaired) electrons. The third kappa shape index (κ3) is 2.89. The molecule has 1 aliphatic heterocycles. The lowest BCUT2D eigenvalue weighted by atomic mass is 9.95. The molecule has 1 fully saturated rings. The number of ether oxygens (including phenoxy) is 2. The maximum Gasteiger partial charge on any atom is 0.240 e. The standard InChI is InChI=1S/C14H19NO3/c1-9(2)17-14-15-13(16)10(3)12(18-14)11-7-5-4-6-8-11/h4-10,12,14H,1-3H3,(H,15,16)/t10-,12-,14+/m0/s1. The van der Waals surface area contributed by atoms with Gasteiger partial charge in [-0.2, -0.15) is 0 Å². The molecule has 1 saturated heterocycles. The van der Waals surface area contributed by atoms with Gasteiger partial charge in [0, 0.05) is 0 Å². The highest BCUT2D eigenvalue weighted by atomic mass is 16.7. The fraction of sp³-hybridized carbons (Fsp3) is 0.500. The van der Waals surface area contributed by atoms with E-state index in [0.29, 0.717) is 0 Å². The molecule has 3 atom stereocenters. The highest BCUT2D eigenvalue weighted by Gasteiger charge is 2.35. The zero-order valence-corrected chi connectivity index (χ0v) is 10.9. The molecule has 0 unspecified atom stereocenters. The fourth-order valence-electron chi connectivity index (χ4n) is 1.99. The molecule has 1 N–H and O–H groups in total. The van der Waals surface area contributed by atoms with Crippen molar-refractivity contribution in [3.63, 3.8) is 0 Å². The van der Waals surface area contributed by atoms with E-state index in [2.05, 4.69) is 5.32 Å². The summed E-state index contributed by atoms with van der Waals surface area (Å²) in [5, 5.41) is 2.71. The van der Waals surface area contributed by atoms with Crippen LogP contribution in [0.3, 0.4) is 0 Å². The van der Waals surface area contributed by atoms with Gasteiger partial charge in [-0.1, -0.05) is 37.3 Å². The molecule has 1 aromatic carbocycles. The van der Waals surface area contributed by atoms with Crippen LogP contribution < -0.4 is 5.32 Å². The molecule has 0 spiro atoms. The summed E-state index contributed by atoms with van der Waals surface area (Å²) < 4.78 is 11.3. The molecule has 18 heavy (non-hydrogen) atoms. The van der Waals surface area contributed by atoms with Gasteiger partial charge in [-0.05, 0) is 19.4 Å². The van der Waals surface area contributed by atoms with Crippen LogP contribution in [0.15, 0.2) is 30.3 Å². The summed E-state index contributed by atoms with van der Waals surface area (Å²) in [5.74, 6) is -0.264. The summed E-state index contributed by atoms with van der Waals surface area (Å²) >= 11 is 0. The fourth-order valence-corrected chi connectivity index (χ4v) is 1.99. The molecule has 1 amide bonds. The van der Waals surface area contributed by atoms with Gasteiger partial charge in [0.05, 0.1) is 18.1 Å². The van der Waals surface area contributed by atoms with E-state index in [9.17, 15) is 4.79 Å². The van der Waals surface area contributed by atoms with Crippen molar-refractivity contribution < 1.29 is 14.3 Å². The van der Waals surface area contributed by atoms with E-state index in [-0.39, 0.29) is 24.0 Å². The van der Waals surface area contributed by atoms with Gasteiger partial charge >= 0.3 is 0 Å². The van der Waals surface area contributed by atoms with Crippen molar-refractivity contribution in [1.29, 1.82) is 0 Å². The number of rotatable bonds is 3. The Balaban J connectivity index is 2.15. The second-order valence-electron chi connectivity index (χ2n) is 4.78. The third-order valence-electron chi connectivity index (χ3n) is 2.92. The number of carbonyl (C=O) groups excluding carboxylic acids is 1. The Morgan fingerprint density at radius 3 is 2.56 bits per heavy atom. The Morgan fingerprint density at radius 1 is 1.28 bits per heavy atom. The Labute approximate surface area is 107 Å². The second-order valence-corrected chi connectivity index (χ2v) is 4.78. The average molecular weight is 249 g/mol. The van der Waals surface area contributed by atoms with Crippen molar-refractivity contribution in [1.82, 2.24) is 5.32 Å². The predicted molar refractivity (Wildman–Crippen MR) is 67.6 cm³/mol. The molecule has 4 heteroatoms. The van der Waals surface area contributed by atoms with Crippen LogP contribution in [0, 0.1) is 5.92 Å². The summed E-state index contributed by atoms with van der Waals surface area (Å²) in [6.45, 7) is 5.68. The maximum absolute atomic E-state index is 11.9. The van der Waals surface area contributed by atoms with Crippen LogP contribution in [0.1, 0.15) is 32.4 Å². The van der Waals surface area contributed by atoms with Crippen LogP contribution in [0.25, 0.3) is 0 Å². The minimum Gasteiger partial charge on any atom is -0.333 e. The first-order valence-corrected chi connectivity index (χ1v) is 6.24. The molecule has 0 aliphatic carbocycles. The van der Waals surface area contributed by atoms with E-state index in [1.54, 1.807) is 0 Å². The van der Waals surface area contributed by atoms with Gasteiger partial charge < -0.3 is 14.8 Å². The lowest BCUT2D eigenvalue weighted by Crippen LogP contribution is -2.50. The van der Waals surface area contributed by atoms with Crippen molar-refractivity contribution in [2.75, 3.05) is 0 Å². The van der Waals surface area contributed by atoms with Crippen LogP contribution >= 0.6 is 0 Å². The second kappa shape index (κ2) is 5.50. The molecular formula is C14H19NO3. The Bertz CT molecular complexity index is 405. The van der Waals surface area contributed by atoms with Crippen LogP contribution in [0.4, 0.5) is 0 Å². The van der Waals surface area contributed by atoms with Crippen LogP contribution in [0.5, 0.6) is 0 Å². The van der Waals surface area contributed by atoms with Gasteiger partial charge in [0.25, 0.3) is 0 Å². The first kappa shape index (κ1) is 13.1. The molecular weight excluding hydrogens is 230 g/mol. The van der Waals surface area contributed by atoms with E-state index >= 15 is 0 Å². The van der Waals surface area contributed by atoms with Crippen molar-refractivity contribution in [2.24, 2.45) is 5.92 Å². The number of hydrogen-bond acceptors (Lipinski definition) is 3. The van der Waals surface area contributed by atoms with Gasteiger partial charge in [-0.25, -0.2) is 0 Å². The van der Waals surface area contributed by atoms with Gasteiger partial charge in [0.1, 0.15) is 0 Å². The Hall–Kier alpha value is -1.39. The molecule has 4 nitrogen and oxygen atoms in total. The van der Waals surface area contributed by atoms with Crippen LogP contribution in [-0.2, 0) is 14.3 Å². The summed E-state index contributed by atoms with van der Waals surface area (Å²) in [6, 6.07) is 9.75. The minimum atomic E-state index is -0.668. The SMILES string of the molecule is CC(C)O[C@H]1NC(=O)[C@@H](C)[C@@H](c2ccccc2)O1. The molecule has 1 aliphatic rings. The molecule has 1 aromatic rings. The lowest BCUT2D eigenvalue weighted by molar-refractivity contribution is -0.232. The highest BCUT2D eigenvalue weighted by Crippen LogP contribution is 2.30. The number of benzene rings is 1. The molecule has 0 aromatic heterocycles. The molecule has 0 saturated carbocycles. The number of amides is 1. The Morgan fingerprint density at radius 2 is 1.94 bits per heavy atom. The largest absolute Gasteiger partial charge is 0.333 e. The van der Waals surface area contributed by atoms with Crippen LogP contribution in [0.2, 0.25) is 0 Å². The van der Waals surface area contributed by atoms with Gasteiger partial charge in [0.2, 0.25) is 12.3 Å². The van der Waals surface area contributed by atoms with E-state index in [4.69, 9.17) is 9.47 Å². The molecule has 0 bridgehead atoms. The average Bonchev–Trinajstić information content (AvgIpc) is 2.34. The van der Waals surface area contributed by atoms with Crippen LogP contribution in [-0.4, -0.2) is 18.4 Å². The highest BCUT2D eigenvalue weighted by molar-refractivity contribution is 5.79. The minimum absolute atomic E-state index is 0.000120. The first-order valence-electron chi connectivity index (χ1n) is 6.24. The van der Waals surface area contributed by atoms with E-state index in [0.717, 1.165) is 5.56 Å². The van der Waals surface area contributed by atoms with E-state index in [1.807, 2.05) is 51.1 Å². The number of nitrogens with one attached hydrogen (secondary N) is 1. The zero-order chi connectivity index (χ0) is 13.1. The predicted octanol–water partition coefficient (Wildman–Crippen LogP) is 2.22. The third-order valence-corrected chi connectivity index (χ3v) is 2.92.